The third-order valence-corrected chi connectivity index (χ3v) is 5.12. The van der Waals surface area contributed by atoms with Crippen molar-refractivity contribution in [3.8, 4) is 0 Å². The molecule has 0 bridgehead atoms. The minimum absolute atomic E-state index is 0.0339. The van der Waals surface area contributed by atoms with E-state index < -0.39 is 0 Å². The van der Waals surface area contributed by atoms with E-state index in [0.717, 1.165) is 51.6 Å². The number of likely N-dealkylation sites (tertiary alicyclic amines) is 1. The molecule has 3 rings (SSSR count). The molecule has 1 aromatic carbocycles. The van der Waals surface area contributed by atoms with Crippen LogP contribution in [0.5, 0.6) is 0 Å². The average Bonchev–Trinajstić information content (AvgIpc) is 2.55. The fourth-order valence-electron chi connectivity index (χ4n) is 3.89. The molecule has 120 valence electrons. The van der Waals surface area contributed by atoms with Gasteiger partial charge >= 0.3 is 0 Å². The van der Waals surface area contributed by atoms with E-state index in [9.17, 15) is 14.3 Å². The minimum Gasteiger partial charge on any atom is -0.391 e. The molecule has 0 spiro atoms. The lowest BCUT2D eigenvalue weighted by Crippen LogP contribution is -2.50. The number of hydrogen-bond acceptors (Lipinski definition) is 3. The van der Waals surface area contributed by atoms with Gasteiger partial charge < -0.3 is 5.11 Å². The topological polar surface area (TPSA) is 40.5 Å². The summed E-state index contributed by atoms with van der Waals surface area (Å²) in [5, 5.41) is 10.2. The zero-order chi connectivity index (χ0) is 15.5. The van der Waals surface area contributed by atoms with Gasteiger partial charge in [-0.2, -0.15) is 0 Å². The molecule has 1 saturated carbocycles. The van der Waals surface area contributed by atoms with Crippen LogP contribution in [0, 0.1) is 11.7 Å². The Kier molecular flexibility index (Phi) is 4.89. The normalized spacial score (nSPS) is 30.2. The highest BCUT2D eigenvalue weighted by atomic mass is 19.1. The van der Waals surface area contributed by atoms with Gasteiger partial charge in [-0.25, -0.2) is 4.39 Å². The van der Waals surface area contributed by atoms with Crippen molar-refractivity contribution in [2.24, 2.45) is 5.92 Å². The number of piperidine rings is 1. The first kappa shape index (κ1) is 15.6. The maximum absolute atomic E-state index is 13.0. The van der Waals surface area contributed by atoms with E-state index in [0.29, 0.717) is 5.56 Å². The van der Waals surface area contributed by atoms with Crippen LogP contribution in [0.4, 0.5) is 4.39 Å². The molecule has 3 unspecified atom stereocenters. The second kappa shape index (κ2) is 6.88. The summed E-state index contributed by atoms with van der Waals surface area (Å²) in [6.45, 7) is 1.69. The Balaban J connectivity index is 1.67. The Hall–Kier alpha value is -1.26. The van der Waals surface area contributed by atoms with Crippen molar-refractivity contribution in [3.05, 3.63) is 35.6 Å². The Morgan fingerprint density at radius 3 is 2.55 bits per heavy atom. The minimum atomic E-state index is -0.313. The summed E-state index contributed by atoms with van der Waals surface area (Å²) in [6, 6.07) is 6.05. The van der Waals surface area contributed by atoms with E-state index in [-0.39, 0.29) is 29.7 Å². The van der Waals surface area contributed by atoms with Gasteiger partial charge in [-0.15, -0.1) is 0 Å². The molecule has 1 saturated heterocycles. The van der Waals surface area contributed by atoms with E-state index in [4.69, 9.17) is 0 Å². The number of carbonyl (C=O) groups is 1. The fourth-order valence-corrected chi connectivity index (χ4v) is 3.89. The summed E-state index contributed by atoms with van der Waals surface area (Å²) in [7, 11) is 0. The van der Waals surface area contributed by atoms with Crippen molar-refractivity contribution < 1.29 is 14.3 Å². The lowest BCUT2D eigenvalue weighted by molar-refractivity contribution is 0.00156. The number of hydrogen-bond donors (Lipinski definition) is 1. The highest BCUT2D eigenvalue weighted by molar-refractivity contribution is 5.98. The van der Waals surface area contributed by atoms with Crippen LogP contribution in [0.25, 0.3) is 0 Å². The fraction of sp³-hybridized carbons (Fsp3) is 0.611. The number of carbonyl (C=O) groups excluding carboxylic acids is 1. The van der Waals surface area contributed by atoms with Crippen molar-refractivity contribution in [1.29, 1.82) is 0 Å². The lowest BCUT2D eigenvalue weighted by atomic mass is 9.86. The molecule has 1 heterocycles. The van der Waals surface area contributed by atoms with E-state index in [1.807, 2.05) is 0 Å². The first-order valence-electron chi connectivity index (χ1n) is 8.37. The summed E-state index contributed by atoms with van der Waals surface area (Å²) in [5.74, 6) is -0.240. The molecule has 1 aromatic rings. The maximum Gasteiger partial charge on any atom is 0.167 e. The number of rotatable bonds is 3. The Morgan fingerprint density at radius 1 is 1.09 bits per heavy atom. The number of nitrogens with zero attached hydrogens (tertiary/aromatic N) is 1. The molecule has 1 aliphatic heterocycles. The monoisotopic (exact) mass is 305 g/mol. The molecule has 1 N–H and O–H groups in total. The molecular weight excluding hydrogens is 281 g/mol. The van der Waals surface area contributed by atoms with Crippen molar-refractivity contribution in [3.63, 3.8) is 0 Å². The molecule has 2 aliphatic rings. The molecule has 0 amide bonds. The highest BCUT2D eigenvalue weighted by Gasteiger charge is 2.34. The Labute approximate surface area is 131 Å². The standard InChI is InChI=1S/C18H24FNO2/c19-15-9-7-13(8-10-15)18(22)14-4-3-11-20(12-14)16-5-1-2-6-17(16)21/h7-10,14,16-17,21H,1-6,11-12H2. The van der Waals surface area contributed by atoms with E-state index >= 15 is 0 Å². The summed E-state index contributed by atoms with van der Waals surface area (Å²) < 4.78 is 13.0. The first-order chi connectivity index (χ1) is 10.6. The third-order valence-electron chi connectivity index (χ3n) is 5.12. The van der Waals surface area contributed by atoms with Gasteiger partial charge in [0.15, 0.2) is 5.78 Å². The second-order valence-corrected chi connectivity index (χ2v) is 6.62. The molecular formula is C18H24FNO2. The van der Waals surface area contributed by atoms with Crippen LogP contribution in [0.1, 0.15) is 48.9 Å². The number of Topliss-reactive ketones (excluding diaryl/α,β-unsaturated/α-hetero) is 1. The molecule has 4 heteroatoms. The highest BCUT2D eigenvalue weighted by Crippen LogP contribution is 2.29. The van der Waals surface area contributed by atoms with Crippen molar-refractivity contribution in [1.82, 2.24) is 4.90 Å². The number of aliphatic hydroxyl groups excluding tert-OH is 1. The van der Waals surface area contributed by atoms with Crippen LogP contribution in [0.3, 0.4) is 0 Å². The Morgan fingerprint density at radius 2 is 1.82 bits per heavy atom. The number of ketones is 1. The SMILES string of the molecule is O=C(c1ccc(F)cc1)C1CCCN(C2CCCCC2O)C1. The van der Waals surface area contributed by atoms with E-state index in [2.05, 4.69) is 4.90 Å². The molecule has 0 radical (unpaired) electrons. The van der Waals surface area contributed by atoms with Crippen LogP contribution < -0.4 is 0 Å². The van der Waals surface area contributed by atoms with Gasteiger partial charge in [0.05, 0.1) is 6.10 Å². The zero-order valence-electron chi connectivity index (χ0n) is 12.9. The summed E-state index contributed by atoms with van der Waals surface area (Å²) in [4.78, 5) is 14.9. The van der Waals surface area contributed by atoms with Gasteiger partial charge in [-0.1, -0.05) is 12.8 Å². The maximum atomic E-state index is 13.0. The largest absolute Gasteiger partial charge is 0.391 e. The molecule has 0 aromatic heterocycles. The van der Waals surface area contributed by atoms with Crippen LogP contribution >= 0.6 is 0 Å². The third kappa shape index (κ3) is 3.39. The number of aliphatic hydroxyl groups is 1. The van der Waals surface area contributed by atoms with Crippen LogP contribution in [0.2, 0.25) is 0 Å². The Bertz CT molecular complexity index is 516. The van der Waals surface area contributed by atoms with Crippen molar-refractivity contribution in [2.45, 2.75) is 50.7 Å². The smallest absolute Gasteiger partial charge is 0.167 e. The zero-order valence-corrected chi connectivity index (χ0v) is 12.9. The second-order valence-electron chi connectivity index (χ2n) is 6.62. The van der Waals surface area contributed by atoms with Gasteiger partial charge in [-0.05, 0) is 56.5 Å². The van der Waals surface area contributed by atoms with Gasteiger partial charge in [0.1, 0.15) is 5.82 Å². The van der Waals surface area contributed by atoms with Gasteiger partial charge in [0.25, 0.3) is 0 Å². The quantitative estimate of drug-likeness (QED) is 0.873. The molecule has 3 nitrogen and oxygen atoms in total. The first-order valence-corrected chi connectivity index (χ1v) is 8.37. The van der Waals surface area contributed by atoms with Crippen LogP contribution in [-0.4, -0.2) is 41.0 Å². The molecule has 2 fully saturated rings. The molecule has 3 atom stereocenters. The summed E-state index contributed by atoms with van der Waals surface area (Å²) in [6.07, 6.45) is 5.78. The van der Waals surface area contributed by atoms with Gasteiger partial charge in [0.2, 0.25) is 0 Å². The summed E-state index contributed by atoms with van der Waals surface area (Å²) in [5.41, 5.74) is 0.595. The number of halogens is 1. The van der Waals surface area contributed by atoms with Gasteiger partial charge in [-0.3, -0.25) is 9.69 Å². The predicted molar refractivity (Wildman–Crippen MR) is 83.3 cm³/mol. The van der Waals surface area contributed by atoms with E-state index in [1.165, 1.54) is 12.1 Å². The molecule has 22 heavy (non-hydrogen) atoms. The van der Waals surface area contributed by atoms with Crippen molar-refractivity contribution >= 4 is 5.78 Å². The molecule has 1 aliphatic carbocycles. The van der Waals surface area contributed by atoms with Crippen LogP contribution in [-0.2, 0) is 0 Å². The lowest BCUT2D eigenvalue weighted by Gasteiger charge is -2.41. The van der Waals surface area contributed by atoms with Gasteiger partial charge in [0, 0.05) is 24.1 Å². The van der Waals surface area contributed by atoms with Crippen molar-refractivity contribution in [2.75, 3.05) is 13.1 Å². The number of benzene rings is 1. The van der Waals surface area contributed by atoms with E-state index in [1.54, 1.807) is 12.1 Å². The predicted octanol–water partition coefficient (Wildman–Crippen LogP) is 3.02. The summed E-state index contributed by atoms with van der Waals surface area (Å²) >= 11 is 0. The average molecular weight is 305 g/mol. The van der Waals surface area contributed by atoms with Crippen LogP contribution in [0.15, 0.2) is 24.3 Å².